The van der Waals surface area contributed by atoms with E-state index in [0.717, 1.165) is 12.8 Å². The SMILES string of the molecule is CCC(C)(C)N(C)c1ccccc1CCN. The minimum absolute atomic E-state index is 0.185. The fourth-order valence-electron chi connectivity index (χ4n) is 1.77. The van der Waals surface area contributed by atoms with Gasteiger partial charge in [-0.1, -0.05) is 25.1 Å². The molecular weight excluding hydrogens is 196 g/mol. The predicted molar refractivity (Wildman–Crippen MR) is 72.0 cm³/mol. The van der Waals surface area contributed by atoms with Crippen LogP contribution >= 0.6 is 0 Å². The molecule has 0 saturated heterocycles. The van der Waals surface area contributed by atoms with Gasteiger partial charge in [0.2, 0.25) is 0 Å². The summed E-state index contributed by atoms with van der Waals surface area (Å²) >= 11 is 0. The predicted octanol–water partition coefficient (Wildman–Crippen LogP) is 2.81. The average Bonchev–Trinajstić information content (AvgIpc) is 2.29. The van der Waals surface area contributed by atoms with Gasteiger partial charge in [0.15, 0.2) is 0 Å². The first-order valence-corrected chi connectivity index (χ1v) is 6.04. The molecule has 0 fully saturated rings. The molecule has 0 heterocycles. The van der Waals surface area contributed by atoms with Crippen LogP contribution in [0.3, 0.4) is 0 Å². The van der Waals surface area contributed by atoms with Crippen LogP contribution in [0.2, 0.25) is 0 Å². The Kier molecular flexibility index (Phi) is 4.36. The number of nitrogens with zero attached hydrogens (tertiary/aromatic N) is 1. The van der Waals surface area contributed by atoms with Gasteiger partial charge in [0.25, 0.3) is 0 Å². The molecule has 0 spiro atoms. The maximum absolute atomic E-state index is 5.65. The molecular formula is C14H24N2. The Hall–Kier alpha value is -1.02. The Morgan fingerprint density at radius 2 is 1.88 bits per heavy atom. The number of hydrogen-bond donors (Lipinski definition) is 1. The molecule has 2 N–H and O–H groups in total. The van der Waals surface area contributed by atoms with Crippen molar-refractivity contribution in [2.45, 2.75) is 39.2 Å². The molecule has 2 heteroatoms. The highest BCUT2D eigenvalue weighted by Gasteiger charge is 2.22. The van der Waals surface area contributed by atoms with Crippen molar-refractivity contribution in [3.8, 4) is 0 Å². The quantitative estimate of drug-likeness (QED) is 0.826. The lowest BCUT2D eigenvalue weighted by atomic mass is 9.97. The molecule has 0 aliphatic carbocycles. The fourth-order valence-corrected chi connectivity index (χ4v) is 1.77. The van der Waals surface area contributed by atoms with E-state index in [0.29, 0.717) is 6.54 Å². The Labute approximate surface area is 99.5 Å². The van der Waals surface area contributed by atoms with Gasteiger partial charge in [-0.15, -0.1) is 0 Å². The van der Waals surface area contributed by atoms with E-state index in [1.807, 2.05) is 0 Å². The van der Waals surface area contributed by atoms with Crippen molar-refractivity contribution in [2.24, 2.45) is 5.73 Å². The molecule has 0 unspecified atom stereocenters. The van der Waals surface area contributed by atoms with Crippen molar-refractivity contribution in [3.63, 3.8) is 0 Å². The lowest BCUT2D eigenvalue weighted by Crippen LogP contribution is -2.41. The van der Waals surface area contributed by atoms with Gasteiger partial charge >= 0.3 is 0 Å². The van der Waals surface area contributed by atoms with Gasteiger partial charge in [-0.25, -0.2) is 0 Å². The number of benzene rings is 1. The topological polar surface area (TPSA) is 29.3 Å². The van der Waals surface area contributed by atoms with E-state index < -0.39 is 0 Å². The normalized spacial score (nSPS) is 11.6. The summed E-state index contributed by atoms with van der Waals surface area (Å²) in [5.41, 5.74) is 8.48. The molecule has 90 valence electrons. The van der Waals surface area contributed by atoms with E-state index >= 15 is 0 Å². The number of para-hydroxylation sites is 1. The summed E-state index contributed by atoms with van der Waals surface area (Å²) in [5.74, 6) is 0. The van der Waals surface area contributed by atoms with Crippen LogP contribution in [-0.2, 0) is 6.42 Å². The minimum Gasteiger partial charge on any atom is -0.369 e. The highest BCUT2D eigenvalue weighted by atomic mass is 15.2. The van der Waals surface area contributed by atoms with Gasteiger partial charge in [0.05, 0.1) is 0 Å². The van der Waals surface area contributed by atoms with Crippen LogP contribution in [0.15, 0.2) is 24.3 Å². The molecule has 0 aromatic heterocycles. The zero-order chi connectivity index (χ0) is 12.2. The van der Waals surface area contributed by atoms with Crippen LogP contribution in [-0.4, -0.2) is 19.1 Å². The zero-order valence-electron chi connectivity index (χ0n) is 11.0. The van der Waals surface area contributed by atoms with Crippen molar-refractivity contribution < 1.29 is 0 Å². The van der Waals surface area contributed by atoms with Crippen LogP contribution < -0.4 is 10.6 Å². The van der Waals surface area contributed by atoms with E-state index in [-0.39, 0.29) is 5.54 Å². The molecule has 0 amide bonds. The lowest BCUT2D eigenvalue weighted by molar-refractivity contribution is 0.469. The molecule has 1 aromatic carbocycles. The maximum Gasteiger partial charge on any atom is 0.0401 e. The minimum atomic E-state index is 0.185. The Balaban J connectivity index is 3.02. The van der Waals surface area contributed by atoms with Crippen molar-refractivity contribution in [3.05, 3.63) is 29.8 Å². The molecule has 0 atom stereocenters. The molecule has 0 aliphatic heterocycles. The summed E-state index contributed by atoms with van der Waals surface area (Å²) in [6.45, 7) is 7.47. The van der Waals surface area contributed by atoms with Crippen molar-refractivity contribution in [1.82, 2.24) is 0 Å². The van der Waals surface area contributed by atoms with E-state index in [4.69, 9.17) is 5.73 Å². The van der Waals surface area contributed by atoms with E-state index in [1.54, 1.807) is 0 Å². The standard InChI is InChI=1S/C14H24N2/c1-5-14(2,3)16(4)13-9-7-6-8-12(13)10-11-15/h6-9H,5,10-11,15H2,1-4H3. The highest BCUT2D eigenvalue weighted by Crippen LogP contribution is 2.27. The van der Waals surface area contributed by atoms with Crippen molar-refractivity contribution in [2.75, 3.05) is 18.5 Å². The van der Waals surface area contributed by atoms with E-state index in [2.05, 4.69) is 57.0 Å². The monoisotopic (exact) mass is 220 g/mol. The molecule has 0 aliphatic rings. The van der Waals surface area contributed by atoms with Crippen LogP contribution in [0, 0.1) is 0 Å². The number of anilines is 1. The average molecular weight is 220 g/mol. The number of rotatable bonds is 5. The summed E-state index contributed by atoms with van der Waals surface area (Å²) < 4.78 is 0. The summed E-state index contributed by atoms with van der Waals surface area (Å²) in [7, 11) is 2.17. The first-order valence-electron chi connectivity index (χ1n) is 6.04. The third kappa shape index (κ3) is 2.76. The molecule has 1 rings (SSSR count). The van der Waals surface area contributed by atoms with Gasteiger partial charge in [-0.2, -0.15) is 0 Å². The van der Waals surface area contributed by atoms with Gasteiger partial charge in [-0.05, 0) is 44.9 Å². The first kappa shape index (κ1) is 13.0. The van der Waals surface area contributed by atoms with Crippen molar-refractivity contribution in [1.29, 1.82) is 0 Å². The van der Waals surface area contributed by atoms with Gasteiger partial charge in [-0.3, -0.25) is 0 Å². The molecule has 0 bridgehead atoms. The van der Waals surface area contributed by atoms with E-state index in [9.17, 15) is 0 Å². The summed E-state index contributed by atoms with van der Waals surface area (Å²) in [6, 6.07) is 8.53. The maximum atomic E-state index is 5.65. The Morgan fingerprint density at radius 1 is 1.25 bits per heavy atom. The molecule has 1 aromatic rings. The zero-order valence-corrected chi connectivity index (χ0v) is 11.0. The van der Waals surface area contributed by atoms with Crippen LogP contribution in [0.5, 0.6) is 0 Å². The largest absolute Gasteiger partial charge is 0.369 e. The van der Waals surface area contributed by atoms with Crippen LogP contribution in [0.1, 0.15) is 32.8 Å². The highest BCUT2D eigenvalue weighted by molar-refractivity contribution is 5.55. The third-order valence-corrected chi connectivity index (χ3v) is 3.54. The third-order valence-electron chi connectivity index (χ3n) is 3.54. The van der Waals surface area contributed by atoms with Gasteiger partial charge < -0.3 is 10.6 Å². The van der Waals surface area contributed by atoms with E-state index in [1.165, 1.54) is 11.3 Å². The smallest absolute Gasteiger partial charge is 0.0401 e. The molecule has 2 nitrogen and oxygen atoms in total. The fraction of sp³-hybridized carbons (Fsp3) is 0.571. The Bertz CT molecular complexity index is 331. The van der Waals surface area contributed by atoms with Crippen LogP contribution in [0.4, 0.5) is 5.69 Å². The molecule has 0 saturated carbocycles. The number of nitrogens with two attached hydrogens (primary N) is 1. The van der Waals surface area contributed by atoms with Gasteiger partial charge in [0, 0.05) is 18.3 Å². The molecule has 16 heavy (non-hydrogen) atoms. The second kappa shape index (κ2) is 5.35. The van der Waals surface area contributed by atoms with Crippen LogP contribution in [0.25, 0.3) is 0 Å². The van der Waals surface area contributed by atoms with Gasteiger partial charge in [0.1, 0.15) is 0 Å². The second-order valence-corrected chi connectivity index (χ2v) is 4.89. The van der Waals surface area contributed by atoms with Crippen molar-refractivity contribution >= 4 is 5.69 Å². The second-order valence-electron chi connectivity index (χ2n) is 4.89. The molecule has 0 radical (unpaired) electrons. The first-order chi connectivity index (χ1) is 7.53. The lowest BCUT2D eigenvalue weighted by Gasteiger charge is -2.38. The summed E-state index contributed by atoms with van der Waals surface area (Å²) in [6.07, 6.45) is 2.07. The number of hydrogen-bond acceptors (Lipinski definition) is 2. The summed E-state index contributed by atoms with van der Waals surface area (Å²) in [5, 5.41) is 0. The Morgan fingerprint density at radius 3 is 2.44 bits per heavy atom. The summed E-state index contributed by atoms with van der Waals surface area (Å²) in [4.78, 5) is 2.36.